The SMILES string of the molecule is O=C(Oc1c(I)cc(I)cc1I)c1cccc2c(C(=O)OC(CS(=O)(=O)O)C(F)(F)F)cccc12. The van der Waals surface area contributed by atoms with Crippen molar-refractivity contribution in [2.45, 2.75) is 12.3 Å². The smallest absolute Gasteiger partial charge is 0.426 e. The number of alkyl halides is 3. The van der Waals surface area contributed by atoms with E-state index in [9.17, 15) is 31.2 Å². The molecule has 0 aliphatic rings. The van der Waals surface area contributed by atoms with Crippen LogP contribution in [0.1, 0.15) is 20.7 Å². The zero-order chi connectivity index (χ0) is 26.1. The van der Waals surface area contributed by atoms with Gasteiger partial charge in [-0.25, -0.2) is 9.59 Å². The van der Waals surface area contributed by atoms with Crippen LogP contribution in [0.5, 0.6) is 5.75 Å². The van der Waals surface area contributed by atoms with Gasteiger partial charge in [0, 0.05) is 3.57 Å². The fourth-order valence-electron chi connectivity index (χ4n) is 3.02. The van der Waals surface area contributed by atoms with Gasteiger partial charge in [0.05, 0.1) is 18.3 Å². The minimum absolute atomic E-state index is 0.0487. The van der Waals surface area contributed by atoms with Crippen molar-refractivity contribution >= 4 is 101 Å². The molecule has 186 valence electrons. The van der Waals surface area contributed by atoms with Crippen molar-refractivity contribution < 1.29 is 45.2 Å². The van der Waals surface area contributed by atoms with E-state index in [2.05, 4.69) is 27.3 Å². The Morgan fingerprint density at radius 1 is 0.914 bits per heavy atom. The average Bonchev–Trinajstić information content (AvgIpc) is 2.73. The Balaban J connectivity index is 1.98. The Hall–Kier alpha value is -1.25. The third-order valence-corrected chi connectivity index (χ3v) is 7.45. The first-order valence-electron chi connectivity index (χ1n) is 9.28. The number of esters is 2. The quantitative estimate of drug-likeness (QED) is 0.144. The predicted octanol–water partition coefficient (Wildman–Crippen LogP) is 5.85. The Kier molecular flexibility index (Phi) is 8.91. The van der Waals surface area contributed by atoms with E-state index in [-0.39, 0.29) is 21.9 Å². The highest BCUT2D eigenvalue weighted by atomic mass is 127. The lowest BCUT2D eigenvalue weighted by molar-refractivity contribution is -0.197. The molecule has 0 aromatic heterocycles. The molecule has 0 heterocycles. The molecule has 1 atom stereocenters. The van der Waals surface area contributed by atoms with Gasteiger partial charge in [-0.3, -0.25) is 4.55 Å². The highest BCUT2D eigenvalue weighted by Gasteiger charge is 2.45. The van der Waals surface area contributed by atoms with Crippen molar-refractivity contribution in [2.24, 2.45) is 0 Å². The van der Waals surface area contributed by atoms with Crippen LogP contribution in [0.3, 0.4) is 0 Å². The maximum Gasteiger partial charge on any atom is 0.426 e. The number of hydrogen-bond acceptors (Lipinski definition) is 6. The van der Waals surface area contributed by atoms with Crippen molar-refractivity contribution in [3.8, 4) is 5.75 Å². The van der Waals surface area contributed by atoms with Crippen LogP contribution in [0.4, 0.5) is 13.2 Å². The Morgan fingerprint density at radius 3 is 1.86 bits per heavy atom. The van der Waals surface area contributed by atoms with Gasteiger partial charge < -0.3 is 9.47 Å². The van der Waals surface area contributed by atoms with E-state index in [0.717, 1.165) is 3.57 Å². The first-order chi connectivity index (χ1) is 16.2. The van der Waals surface area contributed by atoms with Crippen LogP contribution < -0.4 is 4.74 Å². The van der Waals surface area contributed by atoms with Crippen LogP contribution in [0, 0.1) is 10.7 Å². The van der Waals surface area contributed by atoms with Gasteiger partial charge in [-0.1, -0.05) is 24.3 Å². The molecule has 0 bridgehead atoms. The van der Waals surface area contributed by atoms with Crippen molar-refractivity contribution in [3.05, 3.63) is 70.4 Å². The summed E-state index contributed by atoms with van der Waals surface area (Å²) in [7, 11) is -5.09. The summed E-state index contributed by atoms with van der Waals surface area (Å²) in [6.07, 6.45) is -8.33. The van der Waals surface area contributed by atoms with E-state index in [1.807, 2.05) is 57.3 Å². The monoisotopic (exact) mass is 846 g/mol. The Morgan fingerprint density at radius 2 is 1.40 bits per heavy atom. The molecule has 0 aliphatic heterocycles. The molecule has 0 fully saturated rings. The minimum atomic E-state index is -5.24. The summed E-state index contributed by atoms with van der Waals surface area (Å²) >= 11 is 6.17. The second-order valence-electron chi connectivity index (χ2n) is 6.98. The van der Waals surface area contributed by atoms with Crippen LogP contribution in [0.15, 0.2) is 48.5 Å². The third-order valence-electron chi connectivity index (χ3n) is 4.50. The summed E-state index contributed by atoms with van der Waals surface area (Å²) in [5.74, 6) is -3.74. The average molecular weight is 846 g/mol. The number of rotatable bonds is 6. The molecule has 1 N–H and O–H groups in total. The van der Waals surface area contributed by atoms with Gasteiger partial charge in [-0.15, -0.1) is 0 Å². The molecule has 3 aromatic rings. The van der Waals surface area contributed by atoms with Gasteiger partial charge in [-0.2, -0.15) is 21.6 Å². The van der Waals surface area contributed by atoms with Gasteiger partial charge in [-0.05, 0) is 103 Å². The van der Waals surface area contributed by atoms with Crippen molar-refractivity contribution in [2.75, 3.05) is 5.75 Å². The molecule has 35 heavy (non-hydrogen) atoms. The molecule has 14 heteroatoms. The lowest BCUT2D eigenvalue weighted by Gasteiger charge is -2.20. The zero-order valence-electron chi connectivity index (χ0n) is 17.0. The van der Waals surface area contributed by atoms with Crippen molar-refractivity contribution in [3.63, 3.8) is 0 Å². The first kappa shape index (κ1) is 28.3. The predicted molar refractivity (Wildman–Crippen MR) is 145 cm³/mol. The summed E-state index contributed by atoms with van der Waals surface area (Å²) < 4.78 is 82.6. The van der Waals surface area contributed by atoms with E-state index >= 15 is 0 Å². The number of ether oxygens (including phenoxy) is 2. The molecule has 0 aliphatic carbocycles. The molecule has 0 spiro atoms. The first-order valence-corrected chi connectivity index (χ1v) is 14.1. The summed E-state index contributed by atoms with van der Waals surface area (Å²) in [6, 6.07) is 11.9. The van der Waals surface area contributed by atoms with E-state index < -0.39 is 40.1 Å². The number of halogens is 6. The topological polar surface area (TPSA) is 107 Å². The largest absolute Gasteiger partial charge is 0.448 e. The van der Waals surface area contributed by atoms with E-state index in [0.29, 0.717) is 12.9 Å². The number of hydrogen-bond donors (Lipinski definition) is 1. The molecule has 0 saturated carbocycles. The van der Waals surface area contributed by atoms with Crippen molar-refractivity contribution in [1.82, 2.24) is 0 Å². The van der Waals surface area contributed by atoms with Gasteiger partial charge in [0.25, 0.3) is 10.1 Å². The molecule has 0 amide bonds. The summed E-state index contributed by atoms with van der Waals surface area (Å²) in [5.41, 5.74) is -0.284. The van der Waals surface area contributed by atoms with Crippen molar-refractivity contribution in [1.29, 1.82) is 0 Å². The fourth-order valence-corrected chi connectivity index (χ4v) is 7.46. The molecule has 3 rings (SSSR count). The van der Waals surface area contributed by atoms with E-state index in [4.69, 9.17) is 9.29 Å². The van der Waals surface area contributed by atoms with Gasteiger partial charge in [0.2, 0.25) is 6.10 Å². The number of benzene rings is 3. The van der Waals surface area contributed by atoms with Gasteiger partial charge in [0.1, 0.15) is 5.75 Å². The molecule has 0 radical (unpaired) electrons. The molecule has 3 aromatic carbocycles. The van der Waals surface area contributed by atoms with Crippen LogP contribution in [-0.2, 0) is 14.9 Å². The van der Waals surface area contributed by atoms with Gasteiger partial charge in [0.15, 0.2) is 5.75 Å². The molecule has 0 saturated heterocycles. The molecule has 7 nitrogen and oxygen atoms in total. The Bertz CT molecular complexity index is 1400. The van der Waals surface area contributed by atoms with E-state index in [1.54, 1.807) is 0 Å². The summed E-state index contributed by atoms with van der Waals surface area (Å²) in [6.45, 7) is 0. The van der Waals surface area contributed by atoms with Crippen LogP contribution >= 0.6 is 67.8 Å². The highest BCUT2D eigenvalue weighted by molar-refractivity contribution is 14.1. The van der Waals surface area contributed by atoms with Crippen LogP contribution in [-0.4, -0.2) is 42.9 Å². The maximum absolute atomic E-state index is 13.2. The third kappa shape index (κ3) is 7.16. The zero-order valence-corrected chi connectivity index (χ0v) is 24.3. The minimum Gasteiger partial charge on any atom is -0.448 e. The normalized spacial score (nSPS) is 12.9. The summed E-state index contributed by atoms with van der Waals surface area (Å²) in [4.78, 5) is 25.6. The second-order valence-corrected chi connectivity index (χ2v) is 12.0. The van der Waals surface area contributed by atoms with Gasteiger partial charge >= 0.3 is 18.1 Å². The Labute approximate surface area is 237 Å². The maximum atomic E-state index is 13.2. The molecule has 1 unspecified atom stereocenters. The summed E-state index contributed by atoms with van der Waals surface area (Å²) in [5, 5.41) is 0.299. The molecular weight excluding hydrogens is 834 g/mol. The molecular formula is C21H12F3I3O7S. The van der Waals surface area contributed by atoms with E-state index in [1.165, 1.54) is 36.4 Å². The lowest BCUT2D eigenvalue weighted by Crippen LogP contribution is -2.39. The van der Waals surface area contributed by atoms with Crippen LogP contribution in [0.2, 0.25) is 0 Å². The van der Waals surface area contributed by atoms with Crippen LogP contribution in [0.25, 0.3) is 10.8 Å². The standard InChI is InChI=1S/C21H12F3I3O7S/c22-21(23,24)17(9-35(30,31)32)33-19(28)13-5-1-4-12-11(13)3-2-6-14(12)20(29)34-18-15(26)7-10(25)8-16(18)27/h1-8,17H,9H2,(H,30,31,32). The number of carbonyl (C=O) groups excluding carboxylic acids is 2. The highest BCUT2D eigenvalue weighted by Crippen LogP contribution is 2.32. The second kappa shape index (κ2) is 11.0. The lowest BCUT2D eigenvalue weighted by atomic mass is 10.00. The number of carbonyl (C=O) groups is 2. The fraction of sp³-hybridized carbons (Fsp3) is 0.143. The number of fused-ring (bicyclic) bond motifs is 1.